The zero-order chi connectivity index (χ0) is 28.2. The minimum Gasteiger partial charge on any atom is -0.475 e. The molecule has 39 heavy (non-hydrogen) atoms. The zero-order valence-corrected chi connectivity index (χ0v) is 20.0. The molecule has 5 rings (SSSR count). The van der Waals surface area contributed by atoms with Gasteiger partial charge in [0, 0.05) is 47.7 Å². The third kappa shape index (κ3) is 7.04. The minimum atomic E-state index is -5.08. The Morgan fingerprint density at radius 1 is 1.08 bits per heavy atom. The maximum atomic E-state index is 14.1. The number of alkyl halides is 3. The van der Waals surface area contributed by atoms with Crippen molar-refractivity contribution < 1.29 is 36.6 Å². The van der Waals surface area contributed by atoms with E-state index in [9.17, 15) is 26.7 Å². The average Bonchev–Trinajstić information content (AvgIpc) is 3.26. The van der Waals surface area contributed by atoms with E-state index in [0.29, 0.717) is 17.2 Å². The predicted octanol–water partition coefficient (Wildman–Crippen LogP) is 3.84. The standard InChI is InChI=1S/C23H20F2N6O.C2HF3O2/c24-17-3-6-20(25)16(9-17)13-31-8-7-15-10-27-23(30-21(15)31)29-18-4-1-14(2-5-18)22(32)28-19-11-26-12-19;3-2(4,5)1(6)7/h1-10,19,26H,11-13H2,(H,28,32)(H,27,29,30);(H,6,7). The van der Waals surface area contributed by atoms with Crippen LogP contribution in [0.1, 0.15) is 15.9 Å². The first-order chi connectivity index (χ1) is 18.5. The van der Waals surface area contributed by atoms with Crippen LogP contribution in [0.2, 0.25) is 0 Å². The lowest BCUT2D eigenvalue weighted by molar-refractivity contribution is -0.192. The van der Waals surface area contributed by atoms with Crippen molar-refractivity contribution in [1.82, 2.24) is 25.2 Å². The van der Waals surface area contributed by atoms with Crippen LogP contribution < -0.4 is 16.0 Å². The Morgan fingerprint density at radius 2 is 1.77 bits per heavy atom. The summed E-state index contributed by atoms with van der Waals surface area (Å²) in [7, 11) is 0. The highest BCUT2D eigenvalue weighted by Crippen LogP contribution is 2.20. The Balaban J connectivity index is 0.000000448. The van der Waals surface area contributed by atoms with Crippen LogP contribution in [-0.4, -0.2) is 56.8 Å². The predicted molar refractivity (Wildman–Crippen MR) is 131 cm³/mol. The van der Waals surface area contributed by atoms with Crippen LogP contribution in [0.15, 0.2) is 60.9 Å². The fraction of sp³-hybridized carbons (Fsp3) is 0.200. The number of benzene rings is 2. The molecule has 1 aliphatic heterocycles. The van der Waals surface area contributed by atoms with Gasteiger partial charge in [-0.15, -0.1) is 0 Å². The van der Waals surface area contributed by atoms with Crippen molar-refractivity contribution in [3.8, 4) is 0 Å². The average molecular weight is 548 g/mol. The van der Waals surface area contributed by atoms with Crippen LogP contribution in [0.3, 0.4) is 0 Å². The van der Waals surface area contributed by atoms with E-state index < -0.39 is 23.8 Å². The van der Waals surface area contributed by atoms with Gasteiger partial charge in [0.25, 0.3) is 5.91 Å². The lowest BCUT2D eigenvalue weighted by atomic mass is 10.1. The molecule has 1 amide bonds. The first kappa shape index (κ1) is 27.4. The van der Waals surface area contributed by atoms with Gasteiger partial charge in [0.1, 0.15) is 17.3 Å². The molecular weight excluding hydrogens is 527 g/mol. The molecule has 2 aromatic carbocycles. The Hall–Kier alpha value is -4.59. The molecule has 4 aromatic rings. The summed E-state index contributed by atoms with van der Waals surface area (Å²) in [5.41, 5.74) is 2.13. The van der Waals surface area contributed by atoms with Gasteiger partial charge in [-0.25, -0.2) is 18.6 Å². The molecule has 14 heteroatoms. The Morgan fingerprint density at radius 3 is 2.38 bits per heavy atom. The molecule has 4 N–H and O–H groups in total. The van der Waals surface area contributed by atoms with Crippen molar-refractivity contribution in [3.05, 3.63) is 83.7 Å². The van der Waals surface area contributed by atoms with Crippen molar-refractivity contribution in [3.63, 3.8) is 0 Å². The molecule has 0 atom stereocenters. The number of hydrogen-bond acceptors (Lipinski definition) is 6. The maximum absolute atomic E-state index is 14.1. The van der Waals surface area contributed by atoms with E-state index in [1.165, 1.54) is 6.07 Å². The van der Waals surface area contributed by atoms with Crippen LogP contribution in [-0.2, 0) is 11.3 Å². The van der Waals surface area contributed by atoms with Crippen LogP contribution in [0.4, 0.5) is 33.6 Å². The number of nitrogens with zero attached hydrogens (tertiary/aromatic N) is 3. The van der Waals surface area contributed by atoms with E-state index in [4.69, 9.17) is 9.90 Å². The molecular formula is C25H21F5N6O3. The number of halogens is 5. The lowest BCUT2D eigenvalue weighted by Crippen LogP contribution is -2.56. The maximum Gasteiger partial charge on any atom is 0.490 e. The molecule has 1 fully saturated rings. The first-order valence-electron chi connectivity index (χ1n) is 11.4. The summed E-state index contributed by atoms with van der Waals surface area (Å²) >= 11 is 0. The quantitative estimate of drug-likeness (QED) is 0.270. The molecule has 0 bridgehead atoms. The van der Waals surface area contributed by atoms with Crippen molar-refractivity contribution in [1.29, 1.82) is 0 Å². The summed E-state index contributed by atoms with van der Waals surface area (Å²) in [6.07, 6.45) is -1.66. The van der Waals surface area contributed by atoms with Gasteiger partial charge in [0.05, 0.1) is 12.6 Å². The second-order valence-electron chi connectivity index (χ2n) is 8.49. The smallest absolute Gasteiger partial charge is 0.475 e. The summed E-state index contributed by atoms with van der Waals surface area (Å²) in [6.45, 7) is 1.72. The number of carboxylic acids is 1. The number of aliphatic carboxylic acids is 1. The van der Waals surface area contributed by atoms with Crippen LogP contribution in [0, 0.1) is 11.6 Å². The van der Waals surface area contributed by atoms with Gasteiger partial charge in [-0.1, -0.05) is 0 Å². The summed E-state index contributed by atoms with van der Waals surface area (Å²) in [5, 5.41) is 17.1. The molecule has 9 nitrogen and oxygen atoms in total. The summed E-state index contributed by atoms with van der Waals surface area (Å²) < 4.78 is 61.0. The normalized spacial score (nSPS) is 13.3. The highest BCUT2D eigenvalue weighted by molar-refractivity contribution is 5.94. The number of fused-ring (bicyclic) bond motifs is 1. The molecule has 204 valence electrons. The van der Waals surface area contributed by atoms with Crippen molar-refractivity contribution in [2.45, 2.75) is 18.8 Å². The number of carboxylic acid groups (broad SMARTS) is 1. The van der Waals surface area contributed by atoms with E-state index in [-0.39, 0.29) is 24.1 Å². The van der Waals surface area contributed by atoms with Gasteiger partial charge < -0.3 is 25.6 Å². The number of anilines is 2. The number of rotatable bonds is 6. The summed E-state index contributed by atoms with van der Waals surface area (Å²) in [4.78, 5) is 30.0. The first-order valence-corrected chi connectivity index (χ1v) is 11.4. The molecule has 2 aromatic heterocycles. The van der Waals surface area contributed by atoms with Crippen molar-refractivity contribution in [2.24, 2.45) is 0 Å². The summed E-state index contributed by atoms with van der Waals surface area (Å²) in [6, 6.07) is 12.4. The third-order valence-corrected chi connectivity index (χ3v) is 5.61. The topological polar surface area (TPSA) is 121 Å². The second-order valence-corrected chi connectivity index (χ2v) is 8.49. The Labute approximate surface area is 217 Å². The van der Waals surface area contributed by atoms with E-state index in [0.717, 1.165) is 36.3 Å². The molecule has 0 aliphatic carbocycles. The Kier molecular flexibility index (Phi) is 8.04. The van der Waals surface area contributed by atoms with Crippen molar-refractivity contribution >= 4 is 34.5 Å². The number of carbonyl (C=O) groups is 2. The molecule has 0 saturated carbocycles. The second kappa shape index (κ2) is 11.4. The number of hydrogen-bond donors (Lipinski definition) is 4. The van der Waals surface area contributed by atoms with Crippen molar-refractivity contribution in [2.75, 3.05) is 18.4 Å². The number of nitrogens with one attached hydrogen (secondary N) is 3. The number of carbonyl (C=O) groups excluding carboxylic acids is 1. The molecule has 1 aliphatic rings. The van der Waals surface area contributed by atoms with Crippen LogP contribution in [0.25, 0.3) is 11.0 Å². The molecule has 1 saturated heterocycles. The van der Waals surface area contributed by atoms with Gasteiger partial charge in [-0.3, -0.25) is 4.79 Å². The van der Waals surface area contributed by atoms with E-state index >= 15 is 0 Å². The fourth-order valence-corrected chi connectivity index (χ4v) is 3.50. The van der Waals surface area contributed by atoms with E-state index in [1.54, 1.807) is 41.2 Å². The number of aromatic nitrogens is 3. The fourth-order valence-electron chi connectivity index (χ4n) is 3.50. The van der Waals surface area contributed by atoms with E-state index in [2.05, 4.69) is 25.9 Å². The Bertz CT molecular complexity index is 1490. The highest BCUT2D eigenvalue weighted by atomic mass is 19.4. The van der Waals surface area contributed by atoms with Crippen LogP contribution >= 0.6 is 0 Å². The van der Waals surface area contributed by atoms with Gasteiger partial charge in [0.15, 0.2) is 0 Å². The van der Waals surface area contributed by atoms with Gasteiger partial charge in [-0.2, -0.15) is 18.2 Å². The van der Waals surface area contributed by atoms with Crippen LogP contribution in [0.5, 0.6) is 0 Å². The molecule has 0 unspecified atom stereocenters. The third-order valence-electron chi connectivity index (χ3n) is 5.61. The monoisotopic (exact) mass is 548 g/mol. The number of amides is 1. The minimum absolute atomic E-state index is 0.108. The van der Waals surface area contributed by atoms with Gasteiger partial charge in [-0.05, 0) is 48.5 Å². The van der Waals surface area contributed by atoms with E-state index in [1.807, 2.05) is 6.07 Å². The summed E-state index contributed by atoms with van der Waals surface area (Å²) in [5.74, 6) is -3.47. The molecule has 3 heterocycles. The highest BCUT2D eigenvalue weighted by Gasteiger charge is 2.38. The zero-order valence-electron chi connectivity index (χ0n) is 20.0. The van der Waals surface area contributed by atoms with Gasteiger partial charge >= 0.3 is 12.1 Å². The largest absolute Gasteiger partial charge is 0.490 e. The lowest BCUT2D eigenvalue weighted by Gasteiger charge is -2.27. The van der Waals surface area contributed by atoms with Gasteiger partial charge in [0.2, 0.25) is 5.95 Å². The molecule has 0 spiro atoms. The SMILES string of the molecule is O=C(NC1CNC1)c1ccc(Nc2ncc3ccn(Cc4cc(F)ccc4F)c3n2)cc1.O=C(O)C(F)(F)F. The molecule has 0 radical (unpaired) electrons.